The third-order valence-electron chi connectivity index (χ3n) is 2.78. The van der Waals surface area contributed by atoms with Crippen molar-refractivity contribution in [3.05, 3.63) is 51.6 Å². The van der Waals surface area contributed by atoms with E-state index in [0.717, 1.165) is 12.1 Å². The van der Waals surface area contributed by atoms with E-state index in [2.05, 4.69) is 10.3 Å². The summed E-state index contributed by atoms with van der Waals surface area (Å²) in [7, 11) is 1.93. The van der Waals surface area contributed by atoms with E-state index in [9.17, 15) is 10.1 Å². The lowest BCUT2D eigenvalue weighted by Crippen LogP contribution is -2.07. The molecule has 0 bridgehead atoms. The average molecular weight is 281 g/mol. The van der Waals surface area contributed by atoms with Crippen molar-refractivity contribution < 1.29 is 4.92 Å². The maximum absolute atomic E-state index is 10.6. The molecule has 0 spiro atoms. The molecule has 7 heteroatoms. The van der Waals surface area contributed by atoms with Crippen LogP contribution < -0.4 is 5.32 Å². The van der Waals surface area contributed by atoms with Gasteiger partial charge in [-0.3, -0.25) is 10.1 Å². The number of aryl methyl sites for hydroxylation is 1. The van der Waals surface area contributed by atoms with Gasteiger partial charge in [0.05, 0.1) is 22.0 Å². The summed E-state index contributed by atoms with van der Waals surface area (Å²) in [5, 5.41) is 14.1. The number of hydrogen-bond donors (Lipinski definition) is 1. The molecule has 0 saturated heterocycles. The minimum Gasteiger partial charge on any atom is -0.383 e. The summed E-state index contributed by atoms with van der Waals surface area (Å²) in [4.78, 5) is 14.2. The number of halogens is 1. The number of nitrogens with zero attached hydrogens (tertiary/aromatic N) is 3. The first-order valence-electron chi connectivity index (χ1n) is 5.71. The van der Waals surface area contributed by atoms with Gasteiger partial charge in [-0.25, -0.2) is 4.98 Å². The van der Waals surface area contributed by atoms with Gasteiger partial charge in [-0.1, -0.05) is 11.6 Å². The summed E-state index contributed by atoms with van der Waals surface area (Å²) < 4.78 is 1.94. The monoisotopic (exact) mass is 280 g/mol. The molecule has 1 aromatic heterocycles. The van der Waals surface area contributed by atoms with Crippen LogP contribution in [0, 0.1) is 10.1 Å². The maximum atomic E-state index is 10.6. The fourth-order valence-electron chi connectivity index (χ4n) is 1.71. The molecule has 2 rings (SSSR count). The van der Waals surface area contributed by atoms with Crippen molar-refractivity contribution in [2.24, 2.45) is 7.05 Å². The Morgan fingerprint density at radius 1 is 1.53 bits per heavy atom. The highest BCUT2D eigenvalue weighted by Gasteiger charge is 2.09. The highest BCUT2D eigenvalue weighted by atomic mass is 35.5. The van der Waals surface area contributed by atoms with E-state index in [0.29, 0.717) is 17.3 Å². The Labute approximate surface area is 115 Å². The number of nitro groups is 1. The summed E-state index contributed by atoms with van der Waals surface area (Å²) in [5.74, 6) is 0. The molecule has 0 unspecified atom stereocenters. The third kappa shape index (κ3) is 3.23. The largest absolute Gasteiger partial charge is 0.383 e. The van der Waals surface area contributed by atoms with Crippen LogP contribution in [-0.2, 0) is 13.5 Å². The van der Waals surface area contributed by atoms with Crippen LogP contribution in [-0.4, -0.2) is 21.0 Å². The van der Waals surface area contributed by atoms with E-state index < -0.39 is 4.92 Å². The summed E-state index contributed by atoms with van der Waals surface area (Å²) in [6, 6.07) is 4.38. The second kappa shape index (κ2) is 5.71. The minimum atomic E-state index is -0.467. The third-order valence-corrected chi connectivity index (χ3v) is 3.09. The summed E-state index contributed by atoms with van der Waals surface area (Å²) >= 11 is 5.98. The number of imidazole rings is 1. The van der Waals surface area contributed by atoms with Gasteiger partial charge < -0.3 is 9.88 Å². The molecule has 0 atom stereocenters. The second-order valence-corrected chi connectivity index (χ2v) is 4.50. The van der Waals surface area contributed by atoms with Gasteiger partial charge in [0.2, 0.25) is 0 Å². The van der Waals surface area contributed by atoms with Crippen LogP contribution >= 0.6 is 11.6 Å². The Kier molecular flexibility index (Phi) is 4.01. The van der Waals surface area contributed by atoms with Gasteiger partial charge in [-0.2, -0.15) is 0 Å². The quantitative estimate of drug-likeness (QED) is 0.675. The average Bonchev–Trinajstić information content (AvgIpc) is 2.77. The lowest BCUT2D eigenvalue weighted by molar-refractivity contribution is -0.384. The Balaban J connectivity index is 1.96. The summed E-state index contributed by atoms with van der Waals surface area (Å²) in [5.41, 5.74) is 1.78. The van der Waals surface area contributed by atoms with Gasteiger partial charge in [0, 0.05) is 44.0 Å². The van der Waals surface area contributed by atoms with Crippen LogP contribution in [0.1, 0.15) is 5.69 Å². The van der Waals surface area contributed by atoms with Gasteiger partial charge >= 0.3 is 0 Å². The standard InChI is InChI=1S/C12H13ClN4O2/c1-16-8-14-7-10(16)4-5-15-12-3-2-9(17(18)19)6-11(12)13/h2-3,6-8,15H,4-5H2,1H3. The molecule has 1 heterocycles. The van der Waals surface area contributed by atoms with E-state index in [1.807, 2.05) is 11.6 Å². The first-order chi connectivity index (χ1) is 9.08. The Morgan fingerprint density at radius 2 is 2.32 bits per heavy atom. The van der Waals surface area contributed by atoms with E-state index >= 15 is 0 Å². The topological polar surface area (TPSA) is 73.0 Å². The number of nitro benzene ring substituents is 1. The van der Waals surface area contributed by atoms with E-state index in [-0.39, 0.29) is 5.69 Å². The molecule has 6 nitrogen and oxygen atoms in total. The van der Waals surface area contributed by atoms with Gasteiger partial charge in [0.25, 0.3) is 5.69 Å². The molecule has 2 aromatic rings. The number of rotatable bonds is 5. The molecule has 0 aliphatic carbocycles. The number of anilines is 1. The van der Waals surface area contributed by atoms with Crippen LogP contribution in [0.15, 0.2) is 30.7 Å². The zero-order valence-corrected chi connectivity index (χ0v) is 11.1. The van der Waals surface area contributed by atoms with Crippen molar-refractivity contribution in [3.63, 3.8) is 0 Å². The molecule has 0 radical (unpaired) electrons. The zero-order valence-electron chi connectivity index (χ0n) is 10.3. The Bertz CT molecular complexity index is 597. The number of nitrogens with one attached hydrogen (secondary N) is 1. The van der Waals surface area contributed by atoms with Gasteiger partial charge in [-0.15, -0.1) is 0 Å². The van der Waals surface area contributed by atoms with Gasteiger partial charge in [0.1, 0.15) is 0 Å². The van der Waals surface area contributed by atoms with Crippen molar-refractivity contribution in [2.45, 2.75) is 6.42 Å². The van der Waals surface area contributed by atoms with Crippen LogP contribution in [0.2, 0.25) is 5.02 Å². The lowest BCUT2D eigenvalue weighted by atomic mass is 10.2. The van der Waals surface area contributed by atoms with Crippen molar-refractivity contribution >= 4 is 23.0 Å². The Morgan fingerprint density at radius 3 is 2.89 bits per heavy atom. The highest BCUT2D eigenvalue weighted by molar-refractivity contribution is 6.33. The summed E-state index contributed by atoms with van der Waals surface area (Å²) in [6.45, 7) is 0.678. The second-order valence-electron chi connectivity index (χ2n) is 4.09. The van der Waals surface area contributed by atoms with Gasteiger partial charge in [0.15, 0.2) is 0 Å². The summed E-state index contributed by atoms with van der Waals surface area (Å²) in [6.07, 6.45) is 4.34. The Hall–Kier alpha value is -2.08. The molecule has 0 amide bonds. The predicted octanol–water partition coefficient (Wildman–Crippen LogP) is 2.64. The van der Waals surface area contributed by atoms with Crippen LogP contribution in [0.5, 0.6) is 0 Å². The molecule has 0 fully saturated rings. The van der Waals surface area contributed by atoms with Crippen LogP contribution in [0.4, 0.5) is 11.4 Å². The van der Waals surface area contributed by atoms with Crippen molar-refractivity contribution in [1.82, 2.24) is 9.55 Å². The molecular weight excluding hydrogens is 268 g/mol. The highest BCUT2D eigenvalue weighted by Crippen LogP contribution is 2.26. The first kappa shape index (κ1) is 13.4. The fourth-order valence-corrected chi connectivity index (χ4v) is 1.95. The minimum absolute atomic E-state index is 0.0119. The van der Waals surface area contributed by atoms with Crippen molar-refractivity contribution in [2.75, 3.05) is 11.9 Å². The molecule has 19 heavy (non-hydrogen) atoms. The number of hydrogen-bond acceptors (Lipinski definition) is 4. The number of aromatic nitrogens is 2. The van der Waals surface area contributed by atoms with Crippen LogP contribution in [0.25, 0.3) is 0 Å². The SMILES string of the molecule is Cn1cncc1CCNc1ccc([N+](=O)[O-])cc1Cl. The first-order valence-corrected chi connectivity index (χ1v) is 6.08. The van der Waals surface area contributed by atoms with Crippen LogP contribution in [0.3, 0.4) is 0 Å². The lowest BCUT2D eigenvalue weighted by Gasteiger charge is -2.08. The molecule has 0 saturated carbocycles. The normalized spacial score (nSPS) is 10.4. The van der Waals surface area contributed by atoms with E-state index in [1.54, 1.807) is 18.6 Å². The molecule has 100 valence electrons. The number of benzene rings is 1. The molecular formula is C12H13ClN4O2. The van der Waals surface area contributed by atoms with E-state index in [1.165, 1.54) is 12.1 Å². The smallest absolute Gasteiger partial charge is 0.271 e. The maximum Gasteiger partial charge on any atom is 0.271 e. The fraction of sp³-hybridized carbons (Fsp3) is 0.250. The van der Waals surface area contributed by atoms with Crippen molar-refractivity contribution in [3.8, 4) is 0 Å². The molecule has 1 aromatic carbocycles. The molecule has 0 aliphatic rings. The molecule has 1 N–H and O–H groups in total. The van der Waals surface area contributed by atoms with Gasteiger partial charge in [-0.05, 0) is 6.07 Å². The molecule has 0 aliphatic heterocycles. The number of non-ortho nitro benzene ring substituents is 1. The zero-order chi connectivity index (χ0) is 13.8. The predicted molar refractivity (Wildman–Crippen MR) is 73.5 cm³/mol. The van der Waals surface area contributed by atoms with E-state index in [4.69, 9.17) is 11.6 Å². The van der Waals surface area contributed by atoms with Crippen molar-refractivity contribution in [1.29, 1.82) is 0 Å².